The SMILES string of the molecule is CN(CC(=O)NCCCN)C(=O)c1ccc(Br)o1. The Kier molecular flexibility index (Phi) is 5.87. The molecule has 1 heterocycles. The van der Waals surface area contributed by atoms with Crippen LogP contribution in [0.4, 0.5) is 0 Å². The van der Waals surface area contributed by atoms with Crippen molar-refractivity contribution in [2.75, 3.05) is 26.7 Å². The molecule has 0 spiro atoms. The van der Waals surface area contributed by atoms with Crippen LogP contribution in [0.2, 0.25) is 0 Å². The fourth-order valence-corrected chi connectivity index (χ4v) is 1.60. The molecule has 3 N–H and O–H groups in total. The highest BCUT2D eigenvalue weighted by molar-refractivity contribution is 9.10. The molecule has 0 bridgehead atoms. The second kappa shape index (κ2) is 7.17. The zero-order valence-corrected chi connectivity index (χ0v) is 11.7. The van der Waals surface area contributed by atoms with E-state index in [0.717, 1.165) is 0 Å². The van der Waals surface area contributed by atoms with Crippen LogP contribution in [0.5, 0.6) is 0 Å². The Labute approximate surface area is 114 Å². The van der Waals surface area contributed by atoms with E-state index in [9.17, 15) is 9.59 Å². The normalized spacial score (nSPS) is 10.2. The third kappa shape index (κ3) is 4.50. The Morgan fingerprint density at radius 3 is 2.78 bits per heavy atom. The first-order valence-electron chi connectivity index (χ1n) is 5.52. The van der Waals surface area contributed by atoms with Crippen molar-refractivity contribution >= 4 is 27.7 Å². The van der Waals surface area contributed by atoms with Crippen LogP contribution < -0.4 is 11.1 Å². The highest BCUT2D eigenvalue weighted by atomic mass is 79.9. The monoisotopic (exact) mass is 317 g/mol. The number of rotatable bonds is 6. The minimum atomic E-state index is -0.338. The van der Waals surface area contributed by atoms with Crippen molar-refractivity contribution in [2.24, 2.45) is 5.73 Å². The summed E-state index contributed by atoms with van der Waals surface area (Å²) in [6, 6.07) is 3.18. The van der Waals surface area contributed by atoms with Gasteiger partial charge < -0.3 is 20.4 Å². The van der Waals surface area contributed by atoms with E-state index in [1.807, 2.05) is 0 Å². The van der Waals surface area contributed by atoms with Crippen LogP contribution in [0.3, 0.4) is 0 Å². The van der Waals surface area contributed by atoms with Crippen LogP contribution in [-0.4, -0.2) is 43.4 Å². The van der Waals surface area contributed by atoms with E-state index >= 15 is 0 Å². The van der Waals surface area contributed by atoms with Gasteiger partial charge in [0.1, 0.15) is 0 Å². The standard InChI is InChI=1S/C11H16BrN3O3/c1-15(7-10(16)14-6-2-5-13)11(17)8-3-4-9(12)18-8/h3-4H,2,5-7,13H2,1H3,(H,14,16). The summed E-state index contributed by atoms with van der Waals surface area (Å²) in [6.07, 6.45) is 0.717. The number of amides is 2. The van der Waals surface area contributed by atoms with Crippen molar-refractivity contribution < 1.29 is 14.0 Å². The average molecular weight is 318 g/mol. The molecule has 0 fully saturated rings. The molecule has 0 aliphatic heterocycles. The number of hydrogen-bond acceptors (Lipinski definition) is 4. The lowest BCUT2D eigenvalue weighted by Gasteiger charge is -2.15. The van der Waals surface area contributed by atoms with E-state index in [1.54, 1.807) is 19.2 Å². The zero-order chi connectivity index (χ0) is 13.5. The van der Waals surface area contributed by atoms with E-state index in [4.69, 9.17) is 10.2 Å². The first-order chi connectivity index (χ1) is 8.54. The van der Waals surface area contributed by atoms with Crippen molar-refractivity contribution in [1.82, 2.24) is 10.2 Å². The second-order valence-electron chi connectivity index (χ2n) is 3.76. The summed E-state index contributed by atoms with van der Waals surface area (Å²) in [5, 5.41) is 2.67. The Morgan fingerprint density at radius 2 is 2.22 bits per heavy atom. The molecule has 0 aliphatic carbocycles. The molecular weight excluding hydrogens is 302 g/mol. The molecule has 0 aromatic carbocycles. The highest BCUT2D eigenvalue weighted by Gasteiger charge is 2.17. The van der Waals surface area contributed by atoms with Gasteiger partial charge in [-0.1, -0.05) is 0 Å². The number of halogens is 1. The average Bonchev–Trinajstić information content (AvgIpc) is 2.75. The number of carbonyl (C=O) groups is 2. The highest BCUT2D eigenvalue weighted by Crippen LogP contribution is 2.15. The third-order valence-electron chi connectivity index (χ3n) is 2.21. The zero-order valence-electron chi connectivity index (χ0n) is 10.1. The van der Waals surface area contributed by atoms with Crippen molar-refractivity contribution in [3.63, 3.8) is 0 Å². The lowest BCUT2D eigenvalue weighted by atomic mass is 10.3. The largest absolute Gasteiger partial charge is 0.444 e. The van der Waals surface area contributed by atoms with Gasteiger partial charge in [0.05, 0.1) is 6.54 Å². The number of hydrogen-bond donors (Lipinski definition) is 2. The number of furan rings is 1. The topological polar surface area (TPSA) is 88.6 Å². The summed E-state index contributed by atoms with van der Waals surface area (Å²) in [4.78, 5) is 24.6. The molecule has 18 heavy (non-hydrogen) atoms. The van der Waals surface area contributed by atoms with E-state index in [1.165, 1.54) is 4.90 Å². The molecular formula is C11H16BrN3O3. The van der Waals surface area contributed by atoms with Crippen LogP contribution in [0.25, 0.3) is 0 Å². The van der Waals surface area contributed by atoms with Gasteiger partial charge in [0.2, 0.25) is 5.91 Å². The van der Waals surface area contributed by atoms with Gasteiger partial charge in [0, 0.05) is 13.6 Å². The second-order valence-corrected chi connectivity index (χ2v) is 4.54. The summed E-state index contributed by atoms with van der Waals surface area (Å²) >= 11 is 3.11. The minimum absolute atomic E-state index is 0.0122. The summed E-state index contributed by atoms with van der Waals surface area (Å²) in [5.41, 5.74) is 5.31. The fraction of sp³-hybridized carbons (Fsp3) is 0.455. The van der Waals surface area contributed by atoms with E-state index in [2.05, 4.69) is 21.2 Å². The van der Waals surface area contributed by atoms with E-state index < -0.39 is 0 Å². The van der Waals surface area contributed by atoms with Gasteiger partial charge in [-0.3, -0.25) is 9.59 Å². The third-order valence-corrected chi connectivity index (χ3v) is 2.64. The van der Waals surface area contributed by atoms with Gasteiger partial charge in [-0.15, -0.1) is 0 Å². The molecule has 0 unspecified atom stereocenters. The molecule has 1 aromatic heterocycles. The van der Waals surface area contributed by atoms with Crippen molar-refractivity contribution in [1.29, 1.82) is 0 Å². The predicted octanol–water partition coefficient (Wildman–Crippen LogP) is 0.579. The van der Waals surface area contributed by atoms with Crippen molar-refractivity contribution in [3.8, 4) is 0 Å². The van der Waals surface area contributed by atoms with Gasteiger partial charge in [-0.2, -0.15) is 0 Å². The molecule has 7 heteroatoms. The summed E-state index contributed by atoms with van der Waals surface area (Å²) < 4.78 is 5.60. The van der Waals surface area contributed by atoms with Gasteiger partial charge in [-0.05, 0) is 41.0 Å². The Bertz CT molecular complexity index is 419. The quantitative estimate of drug-likeness (QED) is 0.751. The van der Waals surface area contributed by atoms with E-state index in [-0.39, 0.29) is 24.1 Å². The van der Waals surface area contributed by atoms with Crippen LogP contribution in [-0.2, 0) is 4.79 Å². The first kappa shape index (κ1) is 14.7. The maximum absolute atomic E-state index is 11.8. The van der Waals surface area contributed by atoms with Crippen LogP contribution in [0, 0.1) is 0 Å². The Balaban J connectivity index is 2.42. The van der Waals surface area contributed by atoms with E-state index in [0.29, 0.717) is 24.2 Å². The van der Waals surface area contributed by atoms with Crippen LogP contribution >= 0.6 is 15.9 Å². The maximum atomic E-state index is 11.8. The molecule has 0 atom stereocenters. The van der Waals surface area contributed by atoms with Gasteiger partial charge in [0.25, 0.3) is 5.91 Å². The van der Waals surface area contributed by atoms with Crippen molar-refractivity contribution in [3.05, 3.63) is 22.6 Å². The Morgan fingerprint density at radius 1 is 1.50 bits per heavy atom. The summed E-state index contributed by atoms with van der Waals surface area (Å²) in [6.45, 7) is 1.03. The summed E-state index contributed by atoms with van der Waals surface area (Å²) in [7, 11) is 1.54. The molecule has 0 radical (unpaired) electrons. The van der Waals surface area contributed by atoms with Crippen LogP contribution in [0.15, 0.2) is 21.2 Å². The number of nitrogens with zero attached hydrogens (tertiary/aromatic N) is 1. The van der Waals surface area contributed by atoms with Crippen LogP contribution in [0.1, 0.15) is 17.0 Å². The molecule has 100 valence electrons. The minimum Gasteiger partial charge on any atom is -0.444 e. The smallest absolute Gasteiger partial charge is 0.289 e. The number of likely N-dealkylation sites (N-methyl/N-ethyl adjacent to an activating group) is 1. The maximum Gasteiger partial charge on any atom is 0.289 e. The van der Waals surface area contributed by atoms with Gasteiger partial charge >= 0.3 is 0 Å². The number of carbonyl (C=O) groups excluding carboxylic acids is 2. The lowest BCUT2D eigenvalue weighted by Crippen LogP contribution is -2.38. The fourth-order valence-electron chi connectivity index (χ4n) is 1.29. The molecule has 0 saturated carbocycles. The molecule has 1 rings (SSSR count). The summed E-state index contributed by atoms with van der Waals surface area (Å²) in [5.74, 6) is -0.362. The van der Waals surface area contributed by atoms with Gasteiger partial charge in [0.15, 0.2) is 10.4 Å². The predicted molar refractivity (Wildman–Crippen MR) is 70.0 cm³/mol. The molecule has 0 aliphatic rings. The lowest BCUT2D eigenvalue weighted by molar-refractivity contribution is -0.121. The molecule has 2 amide bonds. The Hall–Kier alpha value is -1.34. The molecule has 0 saturated heterocycles. The molecule has 1 aromatic rings. The number of nitrogens with two attached hydrogens (primary N) is 1. The molecule has 6 nitrogen and oxygen atoms in total. The van der Waals surface area contributed by atoms with Crippen molar-refractivity contribution in [2.45, 2.75) is 6.42 Å². The number of nitrogens with one attached hydrogen (secondary N) is 1. The van der Waals surface area contributed by atoms with Gasteiger partial charge in [-0.25, -0.2) is 0 Å². The first-order valence-corrected chi connectivity index (χ1v) is 6.31.